The van der Waals surface area contributed by atoms with Crippen molar-refractivity contribution in [1.82, 2.24) is 15.6 Å². The average molecular weight is 288 g/mol. The summed E-state index contributed by atoms with van der Waals surface area (Å²) in [6.45, 7) is 1.79. The molecule has 1 aromatic heterocycles. The molecule has 1 aromatic rings. The van der Waals surface area contributed by atoms with E-state index in [9.17, 15) is 4.79 Å². The third kappa shape index (κ3) is 3.86. The first-order valence-electron chi connectivity index (χ1n) is 8.04. The molecule has 1 aliphatic heterocycles. The Bertz CT molecular complexity index is 459. The van der Waals surface area contributed by atoms with Gasteiger partial charge in [0.25, 0.3) is 0 Å². The molecule has 0 radical (unpaired) electrons. The van der Waals surface area contributed by atoms with Gasteiger partial charge in [0.2, 0.25) is 0 Å². The van der Waals surface area contributed by atoms with Crippen LogP contribution in [-0.4, -0.2) is 36.2 Å². The quantitative estimate of drug-likeness (QED) is 0.897. The Morgan fingerprint density at radius 1 is 1.10 bits per heavy atom. The van der Waals surface area contributed by atoms with Gasteiger partial charge in [-0.05, 0) is 31.4 Å². The lowest BCUT2D eigenvalue weighted by atomic mass is 9.96. The number of pyridine rings is 1. The summed E-state index contributed by atoms with van der Waals surface area (Å²) in [6.07, 6.45) is 8.82. The zero-order valence-corrected chi connectivity index (χ0v) is 12.4. The van der Waals surface area contributed by atoms with Crippen LogP contribution in [-0.2, 0) is 0 Å². The second-order valence-corrected chi connectivity index (χ2v) is 6.07. The van der Waals surface area contributed by atoms with Gasteiger partial charge in [-0.3, -0.25) is 0 Å². The van der Waals surface area contributed by atoms with Crippen LogP contribution in [0.4, 0.5) is 10.6 Å². The first-order chi connectivity index (χ1) is 10.3. The van der Waals surface area contributed by atoms with E-state index in [1.165, 1.54) is 19.3 Å². The molecule has 0 bridgehead atoms. The van der Waals surface area contributed by atoms with E-state index in [-0.39, 0.29) is 12.1 Å². The first-order valence-corrected chi connectivity index (χ1v) is 8.04. The Morgan fingerprint density at radius 2 is 1.90 bits per heavy atom. The second-order valence-electron chi connectivity index (χ2n) is 6.07. The van der Waals surface area contributed by atoms with E-state index in [0.29, 0.717) is 6.04 Å². The minimum atomic E-state index is -0.00484. The number of nitrogens with one attached hydrogen (secondary N) is 2. The summed E-state index contributed by atoms with van der Waals surface area (Å²) in [5.41, 5.74) is 0. The molecule has 2 heterocycles. The molecule has 2 fully saturated rings. The number of anilines is 1. The highest BCUT2D eigenvalue weighted by molar-refractivity contribution is 5.74. The number of nitrogens with zero attached hydrogens (tertiary/aromatic N) is 2. The lowest BCUT2D eigenvalue weighted by Gasteiger charge is -2.24. The van der Waals surface area contributed by atoms with Crippen molar-refractivity contribution in [3.05, 3.63) is 24.4 Å². The van der Waals surface area contributed by atoms with Gasteiger partial charge >= 0.3 is 6.03 Å². The van der Waals surface area contributed by atoms with Crippen molar-refractivity contribution in [2.45, 2.75) is 50.6 Å². The van der Waals surface area contributed by atoms with Crippen LogP contribution >= 0.6 is 0 Å². The van der Waals surface area contributed by atoms with E-state index >= 15 is 0 Å². The number of hydrogen-bond acceptors (Lipinski definition) is 3. The van der Waals surface area contributed by atoms with Crippen LogP contribution in [0.15, 0.2) is 24.4 Å². The molecule has 2 amide bonds. The molecule has 114 valence electrons. The Morgan fingerprint density at radius 3 is 2.67 bits per heavy atom. The van der Waals surface area contributed by atoms with Gasteiger partial charge in [-0.2, -0.15) is 0 Å². The largest absolute Gasteiger partial charge is 0.354 e. The van der Waals surface area contributed by atoms with E-state index < -0.39 is 0 Å². The van der Waals surface area contributed by atoms with Gasteiger partial charge in [0.05, 0.1) is 0 Å². The summed E-state index contributed by atoms with van der Waals surface area (Å²) >= 11 is 0. The molecular formula is C16H24N4O. The van der Waals surface area contributed by atoms with Crippen molar-refractivity contribution < 1.29 is 4.79 Å². The summed E-state index contributed by atoms with van der Waals surface area (Å²) < 4.78 is 0. The third-order valence-electron chi connectivity index (χ3n) is 4.44. The maximum absolute atomic E-state index is 12.1. The number of amides is 2. The molecule has 1 atom stereocenters. The molecule has 1 unspecified atom stereocenters. The fraction of sp³-hybridized carbons (Fsp3) is 0.625. The Hall–Kier alpha value is -1.78. The molecule has 0 spiro atoms. The van der Waals surface area contributed by atoms with E-state index in [2.05, 4.69) is 20.5 Å². The molecule has 5 nitrogen and oxygen atoms in total. The molecule has 1 saturated heterocycles. The van der Waals surface area contributed by atoms with Crippen molar-refractivity contribution in [1.29, 1.82) is 0 Å². The minimum absolute atomic E-state index is 0.00484. The molecule has 1 aliphatic carbocycles. The van der Waals surface area contributed by atoms with Gasteiger partial charge < -0.3 is 15.5 Å². The van der Waals surface area contributed by atoms with Gasteiger partial charge in [-0.25, -0.2) is 9.78 Å². The fourth-order valence-corrected chi connectivity index (χ4v) is 3.29. The van der Waals surface area contributed by atoms with Crippen LogP contribution < -0.4 is 15.5 Å². The van der Waals surface area contributed by atoms with Crippen molar-refractivity contribution in [2.24, 2.45) is 0 Å². The summed E-state index contributed by atoms with van der Waals surface area (Å²) in [6, 6.07) is 6.52. The number of carbonyl (C=O) groups is 1. The van der Waals surface area contributed by atoms with Gasteiger partial charge in [0.1, 0.15) is 5.82 Å². The molecule has 5 heteroatoms. The van der Waals surface area contributed by atoms with Gasteiger partial charge in [-0.1, -0.05) is 25.3 Å². The lowest BCUT2D eigenvalue weighted by Crippen LogP contribution is -2.47. The molecule has 2 N–H and O–H groups in total. The number of aromatic nitrogens is 1. The third-order valence-corrected chi connectivity index (χ3v) is 4.44. The van der Waals surface area contributed by atoms with E-state index in [1.807, 2.05) is 24.4 Å². The zero-order valence-electron chi connectivity index (χ0n) is 12.4. The maximum Gasteiger partial charge on any atom is 0.315 e. The highest BCUT2D eigenvalue weighted by Gasteiger charge is 2.25. The van der Waals surface area contributed by atoms with Crippen molar-refractivity contribution >= 4 is 11.8 Å². The summed E-state index contributed by atoms with van der Waals surface area (Å²) in [7, 11) is 0. The normalized spacial score (nSPS) is 23.0. The van der Waals surface area contributed by atoms with E-state index in [4.69, 9.17) is 0 Å². The van der Waals surface area contributed by atoms with E-state index in [0.717, 1.165) is 38.2 Å². The second kappa shape index (κ2) is 6.78. The Labute approximate surface area is 126 Å². The van der Waals surface area contributed by atoms with Crippen LogP contribution in [0.3, 0.4) is 0 Å². The number of hydrogen-bond donors (Lipinski definition) is 2. The highest BCUT2D eigenvalue weighted by atomic mass is 16.2. The Balaban J connectivity index is 1.45. The van der Waals surface area contributed by atoms with Crippen molar-refractivity contribution in [3.8, 4) is 0 Å². The SMILES string of the molecule is O=C(NC1CCCCC1)NC1CCN(c2ccccn2)C1. The topological polar surface area (TPSA) is 57.3 Å². The van der Waals surface area contributed by atoms with Crippen LogP contribution in [0.2, 0.25) is 0 Å². The zero-order chi connectivity index (χ0) is 14.5. The average Bonchev–Trinajstić information content (AvgIpc) is 2.97. The predicted molar refractivity (Wildman–Crippen MR) is 83.4 cm³/mol. The number of carbonyl (C=O) groups excluding carboxylic acids is 1. The molecule has 21 heavy (non-hydrogen) atoms. The monoisotopic (exact) mass is 288 g/mol. The van der Waals surface area contributed by atoms with Crippen LogP contribution in [0.25, 0.3) is 0 Å². The summed E-state index contributed by atoms with van der Waals surface area (Å²) in [5.74, 6) is 0.995. The summed E-state index contributed by atoms with van der Waals surface area (Å²) in [5, 5.41) is 6.22. The standard InChI is InChI=1S/C16H24N4O/c21-16(18-13-6-2-1-3-7-13)19-14-9-11-20(12-14)15-8-4-5-10-17-15/h4-5,8,10,13-14H,1-3,6-7,9,11-12H2,(H2,18,19,21). The van der Waals surface area contributed by atoms with Crippen LogP contribution in [0.1, 0.15) is 38.5 Å². The van der Waals surface area contributed by atoms with Gasteiger partial charge in [-0.15, -0.1) is 0 Å². The molecular weight excluding hydrogens is 264 g/mol. The minimum Gasteiger partial charge on any atom is -0.354 e. The smallest absolute Gasteiger partial charge is 0.315 e. The first kappa shape index (κ1) is 14.2. The highest BCUT2D eigenvalue weighted by Crippen LogP contribution is 2.18. The van der Waals surface area contributed by atoms with Crippen molar-refractivity contribution in [2.75, 3.05) is 18.0 Å². The Kier molecular flexibility index (Phi) is 4.58. The number of urea groups is 1. The number of rotatable bonds is 3. The van der Waals surface area contributed by atoms with Crippen molar-refractivity contribution in [3.63, 3.8) is 0 Å². The lowest BCUT2D eigenvalue weighted by molar-refractivity contribution is 0.229. The van der Waals surface area contributed by atoms with Gasteiger partial charge in [0, 0.05) is 31.4 Å². The molecule has 0 aromatic carbocycles. The predicted octanol–water partition coefficient (Wildman–Crippen LogP) is 2.29. The molecule has 2 aliphatic rings. The maximum atomic E-state index is 12.1. The molecule has 3 rings (SSSR count). The van der Waals surface area contributed by atoms with Crippen LogP contribution in [0.5, 0.6) is 0 Å². The fourth-order valence-electron chi connectivity index (χ4n) is 3.29. The van der Waals surface area contributed by atoms with Gasteiger partial charge in [0.15, 0.2) is 0 Å². The van der Waals surface area contributed by atoms with E-state index in [1.54, 1.807) is 0 Å². The molecule has 1 saturated carbocycles. The summed E-state index contributed by atoms with van der Waals surface area (Å²) in [4.78, 5) is 18.6. The van der Waals surface area contributed by atoms with Crippen LogP contribution in [0, 0.1) is 0 Å².